The van der Waals surface area contributed by atoms with Crippen molar-refractivity contribution < 1.29 is 4.92 Å². The van der Waals surface area contributed by atoms with Crippen molar-refractivity contribution in [2.45, 2.75) is 0 Å². The molecule has 6 nitrogen and oxygen atoms in total. The number of halogens is 1. The maximum atomic E-state index is 10.7. The molecule has 1 aromatic heterocycles. The molecular weight excluding hydrogens is 220 g/mol. The van der Waals surface area contributed by atoms with Gasteiger partial charge in [-0.25, -0.2) is 4.98 Å². The third-order valence-corrected chi connectivity index (χ3v) is 2.04. The summed E-state index contributed by atoms with van der Waals surface area (Å²) in [6.07, 6.45) is 1.37. The van der Waals surface area contributed by atoms with Crippen LogP contribution in [0.4, 0.5) is 11.5 Å². The van der Waals surface area contributed by atoms with Crippen molar-refractivity contribution in [3.8, 4) is 0 Å². The summed E-state index contributed by atoms with van der Waals surface area (Å²) in [5.74, 6) is 0.273. The molecule has 0 amide bonds. The zero-order chi connectivity index (χ0) is 11.4. The van der Waals surface area contributed by atoms with Gasteiger partial charge < -0.3 is 10.6 Å². The molecule has 2 N–H and O–H groups in total. The predicted octanol–water partition coefficient (Wildman–Crippen LogP) is 1.04. The molecule has 0 fully saturated rings. The number of hydrogen-bond acceptors (Lipinski definition) is 5. The molecule has 0 unspecified atom stereocenters. The lowest BCUT2D eigenvalue weighted by atomic mass is 10.3. The van der Waals surface area contributed by atoms with E-state index < -0.39 is 4.92 Å². The van der Waals surface area contributed by atoms with Crippen LogP contribution >= 0.6 is 11.6 Å². The summed E-state index contributed by atoms with van der Waals surface area (Å²) in [5.41, 5.74) is 5.24. The molecule has 0 aliphatic rings. The number of nitro groups is 1. The predicted molar refractivity (Wildman–Crippen MR) is 58.2 cm³/mol. The summed E-state index contributed by atoms with van der Waals surface area (Å²) in [4.78, 5) is 15.8. The van der Waals surface area contributed by atoms with Gasteiger partial charge in [-0.15, -0.1) is 0 Å². The van der Waals surface area contributed by atoms with Crippen LogP contribution in [0.5, 0.6) is 0 Å². The highest BCUT2D eigenvalue weighted by molar-refractivity contribution is 6.30. The standard InChI is InChI=1S/C8H11ClN4O2/c1-12(3-2-10)8-7(13(14)15)4-6(9)5-11-8/h4-5H,2-3,10H2,1H3. The fourth-order valence-electron chi connectivity index (χ4n) is 1.15. The molecule has 82 valence electrons. The van der Waals surface area contributed by atoms with Gasteiger partial charge in [-0.3, -0.25) is 10.1 Å². The molecule has 1 rings (SSSR count). The second-order valence-electron chi connectivity index (χ2n) is 2.96. The Bertz CT molecular complexity index is 372. The average molecular weight is 231 g/mol. The summed E-state index contributed by atoms with van der Waals surface area (Å²) in [7, 11) is 1.69. The summed E-state index contributed by atoms with van der Waals surface area (Å²) in [5, 5.41) is 11.0. The Morgan fingerprint density at radius 3 is 2.93 bits per heavy atom. The molecule has 0 saturated heterocycles. The number of anilines is 1. The van der Waals surface area contributed by atoms with Crippen LogP contribution in [0.1, 0.15) is 0 Å². The third-order valence-electron chi connectivity index (χ3n) is 1.84. The van der Waals surface area contributed by atoms with Crippen molar-refractivity contribution in [1.29, 1.82) is 0 Å². The van der Waals surface area contributed by atoms with Gasteiger partial charge in [0.05, 0.1) is 9.95 Å². The van der Waals surface area contributed by atoms with Gasteiger partial charge in [0.15, 0.2) is 0 Å². The first-order chi connectivity index (χ1) is 7.06. The van der Waals surface area contributed by atoms with Gasteiger partial charge in [0.2, 0.25) is 5.82 Å². The van der Waals surface area contributed by atoms with Crippen LogP contribution < -0.4 is 10.6 Å². The van der Waals surface area contributed by atoms with Crippen molar-refractivity contribution in [1.82, 2.24) is 4.98 Å². The lowest BCUT2D eigenvalue weighted by Crippen LogP contribution is -2.26. The molecule has 0 aliphatic heterocycles. The number of nitrogens with zero attached hydrogens (tertiary/aromatic N) is 3. The molecule has 0 bridgehead atoms. The van der Waals surface area contributed by atoms with Crippen LogP contribution in [0.3, 0.4) is 0 Å². The smallest absolute Gasteiger partial charge is 0.313 e. The summed E-state index contributed by atoms with van der Waals surface area (Å²) in [6.45, 7) is 0.896. The molecule has 1 aromatic rings. The Hall–Kier alpha value is -1.40. The number of hydrogen-bond donors (Lipinski definition) is 1. The van der Waals surface area contributed by atoms with E-state index in [1.807, 2.05) is 0 Å². The lowest BCUT2D eigenvalue weighted by molar-refractivity contribution is -0.384. The molecule has 7 heteroatoms. The third kappa shape index (κ3) is 2.77. The topological polar surface area (TPSA) is 85.3 Å². The van der Waals surface area contributed by atoms with Crippen molar-refractivity contribution in [3.63, 3.8) is 0 Å². The fourth-order valence-corrected chi connectivity index (χ4v) is 1.30. The number of nitrogens with two attached hydrogens (primary N) is 1. The molecule has 0 aromatic carbocycles. The Morgan fingerprint density at radius 2 is 2.40 bits per heavy atom. The van der Waals surface area contributed by atoms with Crippen molar-refractivity contribution in [3.05, 3.63) is 27.4 Å². The van der Waals surface area contributed by atoms with Gasteiger partial charge in [0, 0.05) is 32.4 Å². The molecular formula is C8H11ClN4O2. The normalized spacial score (nSPS) is 10.1. The molecule has 0 aliphatic carbocycles. The maximum absolute atomic E-state index is 10.7. The van der Waals surface area contributed by atoms with E-state index in [1.54, 1.807) is 11.9 Å². The number of rotatable bonds is 4. The molecule has 1 heterocycles. The van der Waals surface area contributed by atoms with E-state index in [1.165, 1.54) is 12.3 Å². The maximum Gasteiger partial charge on any atom is 0.313 e. The van der Waals surface area contributed by atoms with Gasteiger partial charge in [-0.1, -0.05) is 11.6 Å². The van der Waals surface area contributed by atoms with Crippen LogP contribution in [-0.4, -0.2) is 30.0 Å². The largest absolute Gasteiger partial charge is 0.353 e. The summed E-state index contributed by atoms with van der Waals surface area (Å²) < 4.78 is 0. The minimum atomic E-state index is -0.513. The van der Waals surface area contributed by atoms with Gasteiger partial charge in [-0.05, 0) is 0 Å². The second kappa shape index (κ2) is 4.90. The zero-order valence-electron chi connectivity index (χ0n) is 8.18. The highest BCUT2D eigenvalue weighted by atomic mass is 35.5. The minimum Gasteiger partial charge on any atom is -0.353 e. The monoisotopic (exact) mass is 230 g/mol. The fraction of sp³-hybridized carbons (Fsp3) is 0.375. The van der Waals surface area contributed by atoms with Crippen molar-refractivity contribution in [2.75, 3.05) is 25.0 Å². The first-order valence-electron chi connectivity index (χ1n) is 4.27. The Morgan fingerprint density at radius 1 is 1.73 bits per heavy atom. The highest BCUT2D eigenvalue weighted by Crippen LogP contribution is 2.27. The van der Waals surface area contributed by atoms with Gasteiger partial charge >= 0.3 is 5.69 Å². The Labute approximate surface area is 91.8 Å². The first-order valence-corrected chi connectivity index (χ1v) is 4.65. The van der Waals surface area contributed by atoms with E-state index in [0.717, 1.165) is 0 Å². The molecule has 0 radical (unpaired) electrons. The van der Waals surface area contributed by atoms with Gasteiger partial charge in [0.25, 0.3) is 0 Å². The summed E-state index contributed by atoms with van der Waals surface area (Å²) in [6, 6.07) is 1.27. The average Bonchev–Trinajstić information content (AvgIpc) is 2.17. The van der Waals surface area contributed by atoms with Crippen LogP contribution in [0.15, 0.2) is 12.3 Å². The number of likely N-dealkylation sites (N-methyl/N-ethyl adjacent to an activating group) is 1. The van der Waals surface area contributed by atoms with E-state index in [9.17, 15) is 10.1 Å². The number of pyridine rings is 1. The first kappa shape index (κ1) is 11.7. The van der Waals surface area contributed by atoms with E-state index in [4.69, 9.17) is 17.3 Å². The molecule has 0 atom stereocenters. The Kier molecular flexibility index (Phi) is 3.81. The minimum absolute atomic E-state index is 0.113. The SMILES string of the molecule is CN(CCN)c1ncc(Cl)cc1[N+](=O)[O-]. The van der Waals surface area contributed by atoms with Crippen LogP contribution in [-0.2, 0) is 0 Å². The van der Waals surface area contributed by atoms with E-state index in [0.29, 0.717) is 13.1 Å². The van der Waals surface area contributed by atoms with Crippen molar-refractivity contribution in [2.24, 2.45) is 5.73 Å². The van der Waals surface area contributed by atoms with E-state index in [2.05, 4.69) is 4.98 Å². The number of aromatic nitrogens is 1. The van der Waals surface area contributed by atoms with Gasteiger partial charge in [0.1, 0.15) is 0 Å². The van der Waals surface area contributed by atoms with Crippen LogP contribution in [0.2, 0.25) is 5.02 Å². The highest BCUT2D eigenvalue weighted by Gasteiger charge is 2.18. The quantitative estimate of drug-likeness (QED) is 0.617. The molecule has 0 spiro atoms. The van der Waals surface area contributed by atoms with Crippen LogP contribution in [0, 0.1) is 10.1 Å². The van der Waals surface area contributed by atoms with Gasteiger partial charge in [-0.2, -0.15) is 0 Å². The van der Waals surface area contributed by atoms with Crippen molar-refractivity contribution >= 4 is 23.1 Å². The Balaban J connectivity index is 3.10. The molecule has 15 heavy (non-hydrogen) atoms. The molecule has 0 saturated carbocycles. The van der Waals surface area contributed by atoms with E-state index in [-0.39, 0.29) is 16.5 Å². The lowest BCUT2D eigenvalue weighted by Gasteiger charge is -2.16. The van der Waals surface area contributed by atoms with Crippen LogP contribution in [0.25, 0.3) is 0 Å². The second-order valence-corrected chi connectivity index (χ2v) is 3.40. The summed E-state index contributed by atoms with van der Waals surface area (Å²) >= 11 is 5.63. The zero-order valence-corrected chi connectivity index (χ0v) is 8.94. The van der Waals surface area contributed by atoms with E-state index >= 15 is 0 Å².